The highest BCUT2D eigenvalue weighted by Crippen LogP contribution is 2.28. The molecule has 0 radical (unpaired) electrons. The van der Waals surface area contributed by atoms with Crippen LogP contribution in [0.2, 0.25) is 5.02 Å². The van der Waals surface area contributed by atoms with Gasteiger partial charge in [0.25, 0.3) is 5.91 Å². The fourth-order valence-corrected chi connectivity index (χ4v) is 4.87. The van der Waals surface area contributed by atoms with Gasteiger partial charge in [0, 0.05) is 36.9 Å². The molecule has 1 saturated heterocycles. The molecule has 0 aliphatic carbocycles. The Morgan fingerprint density at radius 3 is 2.42 bits per heavy atom. The van der Waals surface area contributed by atoms with E-state index < -0.39 is 0 Å². The summed E-state index contributed by atoms with van der Waals surface area (Å²) in [4.78, 5) is 18.8. The third-order valence-corrected chi connectivity index (χ3v) is 6.89. The number of nitrogens with zero attached hydrogens (tertiary/aromatic N) is 4. The molecule has 8 heteroatoms. The second-order valence-electron chi connectivity index (χ2n) is 7.76. The lowest BCUT2D eigenvalue weighted by molar-refractivity contribution is 0.0737. The molecule has 0 spiro atoms. The van der Waals surface area contributed by atoms with Gasteiger partial charge < -0.3 is 14.5 Å². The third kappa shape index (κ3) is 4.47. The molecule has 33 heavy (non-hydrogen) atoms. The van der Waals surface area contributed by atoms with Crippen molar-refractivity contribution in [3.8, 4) is 22.0 Å². The van der Waals surface area contributed by atoms with Crippen LogP contribution in [0, 0.1) is 0 Å². The van der Waals surface area contributed by atoms with Crippen LogP contribution in [0.25, 0.3) is 16.3 Å². The normalized spacial score (nSPS) is 13.9. The minimum Gasteiger partial charge on any atom is -0.497 e. The number of methoxy groups -OCH3 is 1. The van der Waals surface area contributed by atoms with Crippen molar-refractivity contribution in [2.24, 2.45) is 0 Å². The minimum atomic E-state index is -0.0214. The lowest BCUT2D eigenvalue weighted by Crippen LogP contribution is -2.49. The lowest BCUT2D eigenvalue weighted by Gasteiger charge is -2.36. The molecule has 4 aromatic rings. The summed E-state index contributed by atoms with van der Waals surface area (Å²) in [6, 6.07) is 21.3. The Balaban J connectivity index is 1.41. The molecule has 3 heterocycles. The predicted octanol–water partition coefficient (Wildman–Crippen LogP) is 5.23. The maximum Gasteiger partial charge on any atom is 0.272 e. The molecule has 5 rings (SSSR count). The van der Waals surface area contributed by atoms with Crippen molar-refractivity contribution < 1.29 is 9.53 Å². The van der Waals surface area contributed by atoms with Gasteiger partial charge in [-0.2, -0.15) is 5.10 Å². The Hall–Kier alpha value is -3.29. The Labute approximate surface area is 201 Å². The summed E-state index contributed by atoms with van der Waals surface area (Å²) in [5, 5.41) is 7.51. The van der Waals surface area contributed by atoms with Crippen LogP contribution in [0.3, 0.4) is 0 Å². The first-order chi connectivity index (χ1) is 16.1. The number of benzene rings is 2. The van der Waals surface area contributed by atoms with E-state index in [1.54, 1.807) is 23.1 Å². The second kappa shape index (κ2) is 9.29. The number of thiophene rings is 1. The average molecular weight is 479 g/mol. The van der Waals surface area contributed by atoms with Gasteiger partial charge in [0.15, 0.2) is 0 Å². The topological polar surface area (TPSA) is 50.6 Å². The van der Waals surface area contributed by atoms with Crippen molar-refractivity contribution in [3.63, 3.8) is 0 Å². The Morgan fingerprint density at radius 2 is 1.76 bits per heavy atom. The molecule has 2 aromatic heterocycles. The highest BCUT2D eigenvalue weighted by Gasteiger charge is 2.26. The Bertz CT molecular complexity index is 1250. The zero-order valence-corrected chi connectivity index (χ0v) is 19.7. The van der Waals surface area contributed by atoms with Crippen LogP contribution in [0.5, 0.6) is 5.75 Å². The maximum absolute atomic E-state index is 13.6. The van der Waals surface area contributed by atoms with E-state index in [9.17, 15) is 4.79 Å². The van der Waals surface area contributed by atoms with Crippen LogP contribution in [0.15, 0.2) is 72.1 Å². The average Bonchev–Trinajstić information content (AvgIpc) is 3.54. The molecule has 1 aliphatic heterocycles. The molecule has 2 aromatic carbocycles. The van der Waals surface area contributed by atoms with Crippen LogP contribution >= 0.6 is 22.9 Å². The number of hydrogen-bond donors (Lipinski definition) is 0. The number of carbonyl (C=O) groups is 1. The summed E-state index contributed by atoms with van der Waals surface area (Å²) in [6.07, 6.45) is 0. The maximum atomic E-state index is 13.6. The Kier molecular flexibility index (Phi) is 6.07. The van der Waals surface area contributed by atoms with Gasteiger partial charge in [-0.05, 0) is 60.0 Å². The molecule has 0 unspecified atom stereocenters. The molecule has 1 aliphatic rings. The number of piperazine rings is 1. The molecule has 0 atom stereocenters. The summed E-state index contributed by atoms with van der Waals surface area (Å²) >= 11 is 7.76. The van der Waals surface area contributed by atoms with Crippen LogP contribution in [0.4, 0.5) is 5.69 Å². The fourth-order valence-electron chi connectivity index (χ4n) is 4.00. The number of ether oxygens (including phenoxy) is 1. The summed E-state index contributed by atoms with van der Waals surface area (Å²) < 4.78 is 7.02. The molecular weight excluding hydrogens is 456 g/mol. The number of halogens is 1. The van der Waals surface area contributed by atoms with Crippen molar-refractivity contribution in [2.75, 3.05) is 38.2 Å². The number of rotatable bonds is 5. The van der Waals surface area contributed by atoms with Crippen LogP contribution < -0.4 is 9.64 Å². The standard InChI is InChI=1S/C25H23ClN4O2S/c1-32-21-9-7-19(8-10-21)30-23(17-22(27-30)24-6-3-15-33-24)25(31)29-13-11-28(12-14-29)20-5-2-4-18(26)16-20/h2-10,15-17H,11-14H2,1H3. The summed E-state index contributed by atoms with van der Waals surface area (Å²) in [6.45, 7) is 2.77. The van der Waals surface area contributed by atoms with Gasteiger partial charge in [0.05, 0.1) is 17.7 Å². The smallest absolute Gasteiger partial charge is 0.272 e. The number of aromatic nitrogens is 2. The number of amides is 1. The van der Waals surface area contributed by atoms with E-state index in [4.69, 9.17) is 21.4 Å². The lowest BCUT2D eigenvalue weighted by atomic mass is 10.2. The van der Waals surface area contributed by atoms with E-state index in [2.05, 4.69) is 11.0 Å². The van der Waals surface area contributed by atoms with Gasteiger partial charge in [0.1, 0.15) is 17.1 Å². The van der Waals surface area contributed by atoms with Crippen LogP contribution in [-0.4, -0.2) is 53.9 Å². The van der Waals surface area contributed by atoms with Crippen molar-refractivity contribution in [2.45, 2.75) is 0 Å². The van der Waals surface area contributed by atoms with E-state index in [0.29, 0.717) is 18.8 Å². The van der Waals surface area contributed by atoms with Gasteiger partial charge in [-0.3, -0.25) is 4.79 Å². The van der Waals surface area contributed by atoms with Gasteiger partial charge >= 0.3 is 0 Å². The molecule has 1 fully saturated rings. The minimum absolute atomic E-state index is 0.0214. The Morgan fingerprint density at radius 1 is 0.970 bits per heavy atom. The number of hydrogen-bond acceptors (Lipinski definition) is 5. The van der Waals surface area contributed by atoms with Crippen molar-refractivity contribution in [1.29, 1.82) is 0 Å². The first kappa shape index (κ1) is 21.6. The third-order valence-electron chi connectivity index (χ3n) is 5.76. The van der Waals surface area contributed by atoms with E-state index in [0.717, 1.165) is 45.8 Å². The van der Waals surface area contributed by atoms with Crippen molar-refractivity contribution in [3.05, 3.63) is 82.8 Å². The van der Waals surface area contributed by atoms with E-state index >= 15 is 0 Å². The second-order valence-corrected chi connectivity index (χ2v) is 9.15. The van der Waals surface area contributed by atoms with E-state index in [-0.39, 0.29) is 5.91 Å². The van der Waals surface area contributed by atoms with Gasteiger partial charge in [-0.15, -0.1) is 11.3 Å². The van der Waals surface area contributed by atoms with Crippen LogP contribution in [-0.2, 0) is 0 Å². The fraction of sp³-hybridized carbons (Fsp3) is 0.200. The molecule has 1 amide bonds. The largest absolute Gasteiger partial charge is 0.497 e. The van der Waals surface area contributed by atoms with Crippen LogP contribution in [0.1, 0.15) is 10.5 Å². The number of carbonyl (C=O) groups excluding carboxylic acids is 1. The van der Waals surface area contributed by atoms with E-state index in [1.807, 2.05) is 70.9 Å². The molecule has 0 saturated carbocycles. The van der Waals surface area contributed by atoms with Gasteiger partial charge in [-0.25, -0.2) is 4.68 Å². The van der Waals surface area contributed by atoms with Crippen molar-refractivity contribution >= 4 is 34.5 Å². The van der Waals surface area contributed by atoms with Crippen molar-refractivity contribution in [1.82, 2.24) is 14.7 Å². The molecule has 0 N–H and O–H groups in total. The highest BCUT2D eigenvalue weighted by atomic mass is 35.5. The predicted molar refractivity (Wildman–Crippen MR) is 133 cm³/mol. The zero-order valence-electron chi connectivity index (χ0n) is 18.1. The number of anilines is 1. The summed E-state index contributed by atoms with van der Waals surface area (Å²) in [7, 11) is 1.63. The summed E-state index contributed by atoms with van der Waals surface area (Å²) in [5.41, 5.74) is 3.25. The SMILES string of the molecule is COc1ccc(-n2nc(-c3cccs3)cc2C(=O)N2CCN(c3cccc(Cl)c3)CC2)cc1. The molecule has 6 nitrogen and oxygen atoms in total. The summed E-state index contributed by atoms with van der Waals surface area (Å²) in [5.74, 6) is 0.737. The molecule has 168 valence electrons. The first-order valence-electron chi connectivity index (χ1n) is 10.7. The quantitative estimate of drug-likeness (QED) is 0.394. The van der Waals surface area contributed by atoms with Gasteiger partial charge in [0.2, 0.25) is 0 Å². The monoisotopic (exact) mass is 478 g/mol. The highest BCUT2D eigenvalue weighted by molar-refractivity contribution is 7.13. The van der Waals surface area contributed by atoms with E-state index in [1.165, 1.54) is 0 Å². The molecule has 0 bridgehead atoms. The molecular formula is C25H23ClN4O2S. The zero-order chi connectivity index (χ0) is 22.8. The van der Waals surface area contributed by atoms with Gasteiger partial charge in [-0.1, -0.05) is 23.7 Å². The first-order valence-corrected chi connectivity index (χ1v) is 12.0.